The lowest BCUT2D eigenvalue weighted by Crippen LogP contribution is -2.24. The molecule has 2 aliphatic rings. The van der Waals surface area contributed by atoms with Gasteiger partial charge in [-0.15, -0.1) is 0 Å². The molecule has 24 heavy (non-hydrogen) atoms. The highest BCUT2D eigenvalue weighted by molar-refractivity contribution is 5.85. The summed E-state index contributed by atoms with van der Waals surface area (Å²) in [5.74, 6) is 1.31. The molecule has 0 atom stereocenters. The summed E-state index contributed by atoms with van der Waals surface area (Å²) < 4.78 is 5.52. The van der Waals surface area contributed by atoms with Gasteiger partial charge in [0.25, 0.3) is 0 Å². The maximum Gasteiger partial charge on any atom is 0.230 e. The summed E-state index contributed by atoms with van der Waals surface area (Å²) in [7, 11) is 0. The van der Waals surface area contributed by atoms with Crippen LogP contribution in [0.25, 0.3) is 11.1 Å². The molecule has 0 spiro atoms. The Balaban J connectivity index is 1.47. The van der Waals surface area contributed by atoms with Gasteiger partial charge in [-0.05, 0) is 24.5 Å². The number of anilines is 3. The number of nitrogens with one attached hydrogen (secondary N) is 3. The number of nitrogens with zero attached hydrogens (tertiary/aromatic N) is 3. The largest absolute Gasteiger partial charge is 0.459 e. The molecule has 3 aromatic rings. The zero-order chi connectivity index (χ0) is 15.9. The molecule has 4 heterocycles. The fraction of sp³-hybridized carbons (Fsp3) is 0.353. The van der Waals surface area contributed by atoms with E-state index in [1.807, 2.05) is 12.3 Å². The minimum atomic E-state index is 0.498. The number of pyridine rings is 1. The van der Waals surface area contributed by atoms with Crippen molar-refractivity contribution in [3.8, 4) is 0 Å². The van der Waals surface area contributed by atoms with Crippen LogP contribution in [0, 0.1) is 0 Å². The first-order valence-electron chi connectivity index (χ1n) is 8.32. The Morgan fingerprint density at radius 3 is 3.12 bits per heavy atom. The first-order chi connectivity index (χ1) is 11.8. The van der Waals surface area contributed by atoms with Crippen molar-refractivity contribution < 1.29 is 4.42 Å². The van der Waals surface area contributed by atoms with E-state index in [2.05, 4.69) is 37.0 Å². The Bertz CT molecular complexity index is 901. The van der Waals surface area contributed by atoms with Crippen molar-refractivity contribution in [2.45, 2.75) is 31.8 Å². The SMILES string of the molecule is c1cc2nc(Nc3cnc4c(c3)CNCC4)nc(NC3CC3)c2o1. The highest BCUT2D eigenvalue weighted by atomic mass is 16.3. The van der Waals surface area contributed by atoms with Crippen molar-refractivity contribution in [2.75, 3.05) is 17.2 Å². The van der Waals surface area contributed by atoms with Gasteiger partial charge in [0.05, 0.1) is 18.1 Å². The first kappa shape index (κ1) is 13.7. The van der Waals surface area contributed by atoms with Crippen LogP contribution in [0.15, 0.2) is 29.0 Å². The normalized spacial score (nSPS) is 16.8. The molecule has 1 fully saturated rings. The smallest absolute Gasteiger partial charge is 0.230 e. The Morgan fingerprint density at radius 2 is 2.21 bits per heavy atom. The van der Waals surface area contributed by atoms with Crippen molar-refractivity contribution >= 4 is 28.6 Å². The molecule has 0 saturated heterocycles. The summed E-state index contributed by atoms with van der Waals surface area (Å²) in [4.78, 5) is 13.7. The fourth-order valence-electron chi connectivity index (χ4n) is 2.98. The third kappa shape index (κ3) is 2.56. The molecular weight excluding hydrogens is 304 g/mol. The zero-order valence-electron chi connectivity index (χ0n) is 13.2. The second kappa shape index (κ2) is 5.45. The van der Waals surface area contributed by atoms with Crippen LogP contribution in [-0.4, -0.2) is 27.5 Å². The number of aromatic nitrogens is 3. The average Bonchev–Trinajstić information content (AvgIpc) is 3.28. The second-order valence-electron chi connectivity index (χ2n) is 6.33. The maximum atomic E-state index is 5.52. The van der Waals surface area contributed by atoms with Gasteiger partial charge >= 0.3 is 0 Å². The summed E-state index contributed by atoms with van der Waals surface area (Å²) >= 11 is 0. The predicted molar refractivity (Wildman–Crippen MR) is 91.4 cm³/mol. The summed E-state index contributed by atoms with van der Waals surface area (Å²) in [6, 6.07) is 4.47. The molecule has 3 aromatic heterocycles. The minimum absolute atomic E-state index is 0.498. The molecule has 122 valence electrons. The van der Waals surface area contributed by atoms with Gasteiger partial charge in [-0.1, -0.05) is 0 Å². The van der Waals surface area contributed by atoms with Crippen LogP contribution in [0.1, 0.15) is 24.1 Å². The van der Waals surface area contributed by atoms with Gasteiger partial charge in [0.2, 0.25) is 5.95 Å². The minimum Gasteiger partial charge on any atom is -0.459 e. The van der Waals surface area contributed by atoms with Crippen molar-refractivity contribution in [3.63, 3.8) is 0 Å². The first-order valence-corrected chi connectivity index (χ1v) is 8.32. The van der Waals surface area contributed by atoms with Crippen LogP contribution in [0.3, 0.4) is 0 Å². The van der Waals surface area contributed by atoms with E-state index in [9.17, 15) is 0 Å². The van der Waals surface area contributed by atoms with E-state index < -0.39 is 0 Å². The molecule has 1 aliphatic carbocycles. The van der Waals surface area contributed by atoms with Crippen LogP contribution in [0.2, 0.25) is 0 Å². The van der Waals surface area contributed by atoms with Gasteiger partial charge in [0, 0.05) is 37.3 Å². The van der Waals surface area contributed by atoms with Crippen LogP contribution < -0.4 is 16.0 Å². The van der Waals surface area contributed by atoms with Gasteiger partial charge < -0.3 is 20.4 Å². The maximum absolute atomic E-state index is 5.52. The third-order valence-electron chi connectivity index (χ3n) is 4.39. The van der Waals surface area contributed by atoms with Gasteiger partial charge in [-0.25, -0.2) is 4.98 Å². The lowest BCUT2D eigenvalue weighted by Gasteiger charge is -2.17. The monoisotopic (exact) mass is 322 g/mol. The van der Waals surface area contributed by atoms with Crippen molar-refractivity contribution in [2.24, 2.45) is 0 Å². The molecule has 7 heteroatoms. The number of hydrogen-bond donors (Lipinski definition) is 3. The second-order valence-corrected chi connectivity index (χ2v) is 6.33. The van der Waals surface area contributed by atoms with E-state index in [0.717, 1.165) is 36.5 Å². The quantitative estimate of drug-likeness (QED) is 0.680. The predicted octanol–water partition coefficient (Wildman–Crippen LogP) is 2.58. The van der Waals surface area contributed by atoms with Gasteiger partial charge in [0.1, 0.15) is 5.52 Å². The molecule has 1 aliphatic heterocycles. The average molecular weight is 322 g/mol. The van der Waals surface area contributed by atoms with E-state index in [-0.39, 0.29) is 0 Å². The molecule has 3 N–H and O–H groups in total. The molecule has 0 amide bonds. The number of fused-ring (bicyclic) bond motifs is 2. The summed E-state index contributed by atoms with van der Waals surface area (Å²) in [6.45, 7) is 1.84. The fourth-order valence-corrected chi connectivity index (χ4v) is 2.98. The molecule has 0 unspecified atom stereocenters. The van der Waals surface area contributed by atoms with E-state index in [1.54, 1.807) is 6.26 Å². The lowest BCUT2D eigenvalue weighted by molar-refractivity contribution is 0.614. The molecule has 0 radical (unpaired) electrons. The highest BCUT2D eigenvalue weighted by Gasteiger charge is 2.23. The van der Waals surface area contributed by atoms with E-state index in [1.165, 1.54) is 24.1 Å². The Kier molecular flexibility index (Phi) is 3.12. The molecule has 7 nitrogen and oxygen atoms in total. The van der Waals surface area contributed by atoms with Gasteiger partial charge in [-0.3, -0.25) is 4.98 Å². The topological polar surface area (TPSA) is 87.9 Å². The molecule has 0 aromatic carbocycles. The van der Waals surface area contributed by atoms with Crippen LogP contribution in [0.5, 0.6) is 0 Å². The molecular formula is C17H18N6O. The van der Waals surface area contributed by atoms with Crippen molar-refractivity contribution in [1.29, 1.82) is 0 Å². The van der Waals surface area contributed by atoms with Crippen LogP contribution in [0.4, 0.5) is 17.5 Å². The standard InChI is InChI=1S/C17H18N6O/c1-2-11(1)20-16-15-14(4-6-24-15)22-17(23-16)21-12-7-10-8-18-5-3-13(10)19-9-12/h4,6-7,9,11,18H,1-3,5,8H2,(H2,20,21,22,23). The van der Waals surface area contributed by atoms with E-state index >= 15 is 0 Å². The Morgan fingerprint density at radius 1 is 1.25 bits per heavy atom. The van der Waals surface area contributed by atoms with Gasteiger partial charge in [-0.2, -0.15) is 4.98 Å². The van der Waals surface area contributed by atoms with E-state index in [0.29, 0.717) is 17.6 Å². The van der Waals surface area contributed by atoms with Crippen LogP contribution >= 0.6 is 0 Å². The summed E-state index contributed by atoms with van der Waals surface area (Å²) in [5, 5.41) is 10.1. The van der Waals surface area contributed by atoms with Crippen molar-refractivity contribution in [1.82, 2.24) is 20.3 Å². The summed E-state index contributed by atoms with van der Waals surface area (Å²) in [5.41, 5.74) is 4.80. The molecule has 5 rings (SSSR count). The van der Waals surface area contributed by atoms with E-state index in [4.69, 9.17) is 4.42 Å². The molecule has 0 bridgehead atoms. The van der Waals surface area contributed by atoms with Crippen LogP contribution in [-0.2, 0) is 13.0 Å². The Labute approximate surface area is 138 Å². The summed E-state index contributed by atoms with van der Waals surface area (Å²) in [6.07, 6.45) is 6.82. The molecule has 1 saturated carbocycles. The van der Waals surface area contributed by atoms with Gasteiger partial charge in [0.15, 0.2) is 11.4 Å². The number of rotatable bonds is 4. The number of hydrogen-bond acceptors (Lipinski definition) is 7. The van der Waals surface area contributed by atoms with Crippen molar-refractivity contribution in [3.05, 3.63) is 35.9 Å². The Hall–Kier alpha value is -2.67. The third-order valence-corrected chi connectivity index (χ3v) is 4.39. The highest BCUT2D eigenvalue weighted by Crippen LogP contribution is 2.30. The number of furan rings is 1. The zero-order valence-corrected chi connectivity index (χ0v) is 13.2. The lowest BCUT2D eigenvalue weighted by atomic mass is 10.1.